The van der Waals surface area contributed by atoms with Crippen LogP contribution in [-0.4, -0.2) is 60.6 Å². The van der Waals surface area contributed by atoms with Crippen LogP contribution in [0.25, 0.3) is 0 Å². The highest BCUT2D eigenvalue weighted by molar-refractivity contribution is 5.76. The van der Waals surface area contributed by atoms with Crippen molar-refractivity contribution in [1.29, 1.82) is 0 Å². The highest BCUT2D eigenvalue weighted by Crippen LogP contribution is 2.31. The number of hydrogen-bond donors (Lipinski definition) is 0. The summed E-state index contributed by atoms with van der Waals surface area (Å²) in [6.45, 7) is 1.95. The number of benzene rings is 1. The maximum atomic E-state index is 12.8. The second kappa shape index (κ2) is 10.1. The average molecular weight is 441 g/mol. The summed E-state index contributed by atoms with van der Waals surface area (Å²) in [6, 6.07) is 6.69. The Kier molecular flexibility index (Phi) is 7.55. The summed E-state index contributed by atoms with van der Waals surface area (Å²) in [4.78, 5) is 14.0. The number of amides is 1. The van der Waals surface area contributed by atoms with Gasteiger partial charge in [-0.2, -0.15) is 18.3 Å². The molecule has 1 saturated heterocycles. The van der Waals surface area contributed by atoms with E-state index in [0.29, 0.717) is 44.8 Å². The van der Waals surface area contributed by atoms with Crippen molar-refractivity contribution in [3.63, 3.8) is 0 Å². The molecule has 0 radical (unpaired) electrons. The number of aryl methyl sites for hydroxylation is 1. The van der Waals surface area contributed by atoms with E-state index >= 15 is 0 Å². The Morgan fingerprint density at radius 3 is 2.84 bits per heavy atom. The van der Waals surface area contributed by atoms with Gasteiger partial charge in [0.05, 0.1) is 44.0 Å². The zero-order chi connectivity index (χ0) is 22.4. The molecule has 31 heavy (non-hydrogen) atoms. The molecular weight excluding hydrogens is 415 g/mol. The molecule has 0 spiro atoms. The second-order valence-corrected chi connectivity index (χ2v) is 7.25. The molecule has 10 heteroatoms. The standard InChI is InChI=1S/C21H26F3N3O4/c1-26-16(6-10-30-17-5-3-4-15(12-17)21(22,23)24)13-18(25-26)19-14-27(8-11-31-19)20(28)7-9-29-2/h3-5,12-13,19H,6-11,14H2,1-2H3/t19-/m0/s1. The molecule has 1 aromatic carbocycles. The van der Waals surface area contributed by atoms with Gasteiger partial charge in [-0.25, -0.2) is 0 Å². The minimum absolute atomic E-state index is 0.0146. The molecule has 0 aliphatic carbocycles. The van der Waals surface area contributed by atoms with E-state index < -0.39 is 11.7 Å². The number of hydrogen-bond acceptors (Lipinski definition) is 5. The normalized spacial score (nSPS) is 17.1. The predicted molar refractivity (Wildman–Crippen MR) is 106 cm³/mol. The first-order valence-electron chi connectivity index (χ1n) is 9.99. The Balaban J connectivity index is 1.57. The van der Waals surface area contributed by atoms with Gasteiger partial charge in [0, 0.05) is 32.8 Å². The Morgan fingerprint density at radius 1 is 1.29 bits per heavy atom. The summed E-state index contributed by atoms with van der Waals surface area (Å²) in [5.41, 5.74) is 0.820. The van der Waals surface area contributed by atoms with Crippen molar-refractivity contribution >= 4 is 5.91 Å². The van der Waals surface area contributed by atoms with Gasteiger partial charge in [0.15, 0.2) is 0 Å². The quantitative estimate of drug-likeness (QED) is 0.630. The van der Waals surface area contributed by atoms with Crippen LogP contribution in [0.3, 0.4) is 0 Å². The molecule has 2 heterocycles. The van der Waals surface area contributed by atoms with Gasteiger partial charge in [-0.1, -0.05) is 6.07 Å². The molecule has 1 aromatic heterocycles. The van der Waals surface area contributed by atoms with Gasteiger partial charge >= 0.3 is 6.18 Å². The van der Waals surface area contributed by atoms with Crippen LogP contribution in [-0.2, 0) is 33.9 Å². The molecule has 0 saturated carbocycles. The van der Waals surface area contributed by atoms with Crippen LogP contribution >= 0.6 is 0 Å². The largest absolute Gasteiger partial charge is 0.493 e. The second-order valence-electron chi connectivity index (χ2n) is 7.25. The van der Waals surface area contributed by atoms with Crippen molar-refractivity contribution in [2.45, 2.75) is 25.1 Å². The molecule has 1 atom stereocenters. The Morgan fingerprint density at radius 2 is 2.10 bits per heavy atom. The smallest absolute Gasteiger partial charge is 0.416 e. The molecule has 1 aliphatic heterocycles. The molecule has 0 unspecified atom stereocenters. The van der Waals surface area contributed by atoms with Crippen LogP contribution in [0, 0.1) is 0 Å². The van der Waals surface area contributed by atoms with Crippen LogP contribution < -0.4 is 4.74 Å². The van der Waals surface area contributed by atoms with Gasteiger partial charge in [0.1, 0.15) is 11.9 Å². The monoisotopic (exact) mass is 441 g/mol. The van der Waals surface area contributed by atoms with E-state index in [1.54, 1.807) is 23.7 Å². The van der Waals surface area contributed by atoms with E-state index in [2.05, 4.69) is 5.10 Å². The van der Waals surface area contributed by atoms with Crippen molar-refractivity contribution in [2.24, 2.45) is 7.05 Å². The summed E-state index contributed by atoms with van der Waals surface area (Å²) in [6.07, 6.45) is -3.95. The van der Waals surface area contributed by atoms with Gasteiger partial charge in [0.25, 0.3) is 0 Å². The van der Waals surface area contributed by atoms with Gasteiger partial charge in [0.2, 0.25) is 5.91 Å². The third-order valence-corrected chi connectivity index (χ3v) is 5.05. The molecule has 170 valence electrons. The molecule has 3 rings (SSSR count). The summed E-state index contributed by atoms with van der Waals surface area (Å²) >= 11 is 0. The molecule has 2 aromatic rings. The molecule has 1 fully saturated rings. The van der Waals surface area contributed by atoms with E-state index in [1.165, 1.54) is 12.1 Å². The summed E-state index contributed by atoms with van der Waals surface area (Å²) in [7, 11) is 3.34. The predicted octanol–water partition coefficient (Wildman–Crippen LogP) is 3.00. The summed E-state index contributed by atoms with van der Waals surface area (Å²) in [5.74, 6) is 0.179. The van der Waals surface area contributed by atoms with E-state index in [1.807, 2.05) is 6.07 Å². The number of carbonyl (C=O) groups excluding carboxylic acids is 1. The molecule has 0 N–H and O–H groups in total. The lowest BCUT2D eigenvalue weighted by molar-refractivity contribution is -0.140. The van der Waals surface area contributed by atoms with E-state index in [4.69, 9.17) is 14.2 Å². The van der Waals surface area contributed by atoms with Crippen molar-refractivity contribution in [3.05, 3.63) is 47.3 Å². The summed E-state index contributed by atoms with van der Waals surface area (Å²) in [5, 5.41) is 4.49. The number of morpholine rings is 1. The Labute approximate surface area is 178 Å². The van der Waals surface area contributed by atoms with Crippen LogP contribution in [0.1, 0.15) is 29.5 Å². The first-order chi connectivity index (χ1) is 14.8. The zero-order valence-corrected chi connectivity index (χ0v) is 17.5. The van der Waals surface area contributed by atoms with E-state index in [-0.39, 0.29) is 24.4 Å². The number of carbonyl (C=O) groups is 1. The first kappa shape index (κ1) is 23.1. The average Bonchev–Trinajstić information content (AvgIpc) is 3.12. The van der Waals surface area contributed by atoms with Crippen LogP contribution in [0.4, 0.5) is 13.2 Å². The Bertz CT molecular complexity index is 885. The number of halogens is 3. The first-order valence-corrected chi connectivity index (χ1v) is 9.99. The van der Waals surface area contributed by atoms with Crippen LogP contribution in [0.5, 0.6) is 5.75 Å². The fraction of sp³-hybridized carbons (Fsp3) is 0.524. The highest BCUT2D eigenvalue weighted by Gasteiger charge is 2.30. The minimum atomic E-state index is -4.41. The van der Waals surface area contributed by atoms with Gasteiger partial charge in [-0.15, -0.1) is 0 Å². The van der Waals surface area contributed by atoms with Crippen molar-refractivity contribution < 1.29 is 32.2 Å². The van der Waals surface area contributed by atoms with Gasteiger partial charge in [-0.3, -0.25) is 9.48 Å². The van der Waals surface area contributed by atoms with Crippen LogP contribution in [0.2, 0.25) is 0 Å². The third-order valence-electron chi connectivity index (χ3n) is 5.05. The number of alkyl halides is 3. The van der Waals surface area contributed by atoms with Gasteiger partial charge < -0.3 is 19.1 Å². The number of nitrogens with zero attached hydrogens (tertiary/aromatic N) is 3. The maximum absolute atomic E-state index is 12.8. The lowest BCUT2D eigenvalue weighted by Gasteiger charge is -2.32. The Hall–Kier alpha value is -2.59. The topological polar surface area (TPSA) is 65.8 Å². The fourth-order valence-corrected chi connectivity index (χ4v) is 3.36. The lowest BCUT2D eigenvalue weighted by Crippen LogP contribution is -2.42. The summed E-state index contributed by atoms with van der Waals surface area (Å²) < 4.78 is 56.4. The highest BCUT2D eigenvalue weighted by atomic mass is 19.4. The van der Waals surface area contributed by atoms with Crippen LogP contribution in [0.15, 0.2) is 30.3 Å². The number of aromatic nitrogens is 2. The maximum Gasteiger partial charge on any atom is 0.416 e. The molecule has 0 bridgehead atoms. The minimum Gasteiger partial charge on any atom is -0.493 e. The number of methoxy groups -OCH3 is 1. The van der Waals surface area contributed by atoms with Crippen molar-refractivity contribution in [2.75, 3.05) is 40.0 Å². The van der Waals surface area contributed by atoms with Gasteiger partial charge in [-0.05, 0) is 24.3 Å². The molecule has 1 amide bonds. The number of ether oxygens (including phenoxy) is 3. The molecule has 1 aliphatic rings. The lowest BCUT2D eigenvalue weighted by atomic mass is 10.1. The number of rotatable bonds is 8. The van der Waals surface area contributed by atoms with Crippen molar-refractivity contribution in [1.82, 2.24) is 14.7 Å². The SMILES string of the molecule is COCCC(=O)N1CCO[C@H](c2cc(CCOc3cccc(C(F)(F)F)c3)n(C)n2)C1. The van der Waals surface area contributed by atoms with Crippen molar-refractivity contribution in [3.8, 4) is 5.75 Å². The van der Waals surface area contributed by atoms with E-state index in [9.17, 15) is 18.0 Å². The third kappa shape index (κ3) is 6.20. The molecular formula is C21H26F3N3O4. The van der Waals surface area contributed by atoms with E-state index in [0.717, 1.165) is 17.8 Å². The fourth-order valence-electron chi connectivity index (χ4n) is 3.36. The zero-order valence-electron chi connectivity index (χ0n) is 17.5. The molecule has 7 nitrogen and oxygen atoms in total.